The number of hydrogen-bond donors (Lipinski definition) is 3. The van der Waals surface area contributed by atoms with Gasteiger partial charge in [-0.2, -0.15) is 0 Å². The zero-order valence-corrected chi connectivity index (χ0v) is 11.5. The van der Waals surface area contributed by atoms with Crippen LogP contribution in [0.2, 0.25) is 0 Å². The minimum Gasteiger partial charge on any atom is -0.480 e. The molecule has 2 atom stereocenters. The molecule has 8 heteroatoms. The zero-order chi connectivity index (χ0) is 15.1. The van der Waals surface area contributed by atoms with Crippen molar-refractivity contribution >= 4 is 17.9 Å². The van der Waals surface area contributed by atoms with Crippen molar-refractivity contribution in [1.82, 2.24) is 10.2 Å². The first-order chi connectivity index (χ1) is 9.43. The normalized spacial score (nSPS) is 20.2. The van der Waals surface area contributed by atoms with Gasteiger partial charge >= 0.3 is 12.0 Å². The molecule has 1 aliphatic rings. The van der Waals surface area contributed by atoms with Crippen LogP contribution in [0.5, 0.6) is 0 Å². The standard InChI is InChI=1S/C12H21N3O5/c1-20-7-8-3-2-4-15(6-8)12(19)14-9(11(17)18)5-10(13)16/h8-9H,2-7H2,1H3,(H2,13,16)(H,14,19)(H,17,18)/t8?,9-/m0/s1. The van der Waals surface area contributed by atoms with Gasteiger partial charge in [0.25, 0.3) is 0 Å². The highest BCUT2D eigenvalue weighted by atomic mass is 16.5. The van der Waals surface area contributed by atoms with Crippen LogP contribution in [0.3, 0.4) is 0 Å². The van der Waals surface area contributed by atoms with Gasteiger partial charge in [0.1, 0.15) is 6.04 Å². The number of urea groups is 1. The largest absolute Gasteiger partial charge is 0.480 e. The highest BCUT2D eigenvalue weighted by Crippen LogP contribution is 2.16. The van der Waals surface area contributed by atoms with Crippen LogP contribution in [0.4, 0.5) is 4.79 Å². The van der Waals surface area contributed by atoms with Crippen molar-refractivity contribution in [2.24, 2.45) is 11.7 Å². The minimum absolute atomic E-state index is 0.249. The molecule has 1 rings (SSSR count). The number of carbonyl (C=O) groups excluding carboxylic acids is 2. The lowest BCUT2D eigenvalue weighted by Crippen LogP contribution is -2.52. The molecule has 1 unspecified atom stereocenters. The summed E-state index contributed by atoms with van der Waals surface area (Å²) >= 11 is 0. The van der Waals surface area contributed by atoms with Crippen molar-refractivity contribution in [2.75, 3.05) is 26.8 Å². The second-order valence-corrected chi connectivity index (χ2v) is 4.92. The molecule has 20 heavy (non-hydrogen) atoms. The Hall–Kier alpha value is -1.83. The first kappa shape index (κ1) is 16.2. The molecule has 0 aromatic heterocycles. The highest BCUT2D eigenvalue weighted by Gasteiger charge is 2.28. The molecule has 0 aliphatic carbocycles. The van der Waals surface area contributed by atoms with Crippen molar-refractivity contribution in [2.45, 2.75) is 25.3 Å². The van der Waals surface area contributed by atoms with Gasteiger partial charge in [0.2, 0.25) is 5.91 Å². The number of likely N-dealkylation sites (tertiary alicyclic amines) is 1. The fourth-order valence-corrected chi connectivity index (χ4v) is 2.26. The van der Waals surface area contributed by atoms with Crippen molar-refractivity contribution in [3.05, 3.63) is 0 Å². The molecule has 0 saturated carbocycles. The van der Waals surface area contributed by atoms with Gasteiger partial charge in [-0.3, -0.25) is 4.79 Å². The quantitative estimate of drug-likeness (QED) is 0.601. The number of rotatable bonds is 6. The average Bonchev–Trinajstić information content (AvgIpc) is 2.38. The maximum Gasteiger partial charge on any atom is 0.326 e. The summed E-state index contributed by atoms with van der Waals surface area (Å²) in [6, 6.07) is -1.78. The lowest BCUT2D eigenvalue weighted by atomic mass is 9.99. The van der Waals surface area contributed by atoms with E-state index in [-0.39, 0.29) is 5.92 Å². The average molecular weight is 287 g/mol. The summed E-state index contributed by atoms with van der Waals surface area (Å²) in [6.07, 6.45) is 1.40. The predicted molar refractivity (Wildman–Crippen MR) is 69.9 cm³/mol. The molecule has 1 saturated heterocycles. The van der Waals surface area contributed by atoms with E-state index in [2.05, 4.69) is 5.32 Å². The van der Waals surface area contributed by atoms with Crippen molar-refractivity contribution in [3.63, 3.8) is 0 Å². The van der Waals surface area contributed by atoms with Gasteiger partial charge in [0, 0.05) is 26.1 Å². The Morgan fingerprint density at radius 1 is 1.50 bits per heavy atom. The van der Waals surface area contributed by atoms with E-state index in [1.807, 2.05) is 0 Å². The molecule has 0 spiro atoms. The van der Waals surface area contributed by atoms with Gasteiger partial charge in [-0.25, -0.2) is 9.59 Å². The predicted octanol–water partition coefficient (Wildman–Crippen LogP) is -0.617. The molecule has 3 amide bonds. The van der Waals surface area contributed by atoms with Crippen LogP contribution in [-0.2, 0) is 14.3 Å². The maximum atomic E-state index is 12.0. The maximum absolute atomic E-state index is 12.0. The summed E-state index contributed by atoms with van der Waals surface area (Å²) in [5.74, 6) is -1.80. The second-order valence-electron chi connectivity index (χ2n) is 4.92. The monoisotopic (exact) mass is 287 g/mol. The number of nitrogens with two attached hydrogens (primary N) is 1. The van der Waals surface area contributed by atoms with E-state index in [9.17, 15) is 14.4 Å². The number of nitrogens with one attached hydrogen (secondary N) is 1. The Morgan fingerprint density at radius 3 is 2.75 bits per heavy atom. The Kier molecular flexibility index (Phi) is 6.23. The highest BCUT2D eigenvalue weighted by molar-refractivity contribution is 5.87. The first-order valence-electron chi connectivity index (χ1n) is 6.49. The molecule has 8 nitrogen and oxygen atoms in total. The van der Waals surface area contributed by atoms with E-state index in [0.29, 0.717) is 19.7 Å². The van der Waals surface area contributed by atoms with Crippen molar-refractivity contribution in [3.8, 4) is 0 Å². The summed E-state index contributed by atoms with van der Waals surface area (Å²) in [4.78, 5) is 35.3. The molecule has 0 radical (unpaired) electrons. The van der Waals surface area contributed by atoms with Crippen LogP contribution in [0.1, 0.15) is 19.3 Å². The molecule has 1 aliphatic heterocycles. The number of methoxy groups -OCH3 is 1. The Balaban J connectivity index is 2.55. The number of ether oxygens (including phenoxy) is 1. The van der Waals surface area contributed by atoms with Gasteiger partial charge in [-0.15, -0.1) is 0 Å². The SMILES string of the molecule is COCC1CCCN(C(=O)N[C@@H](CC(N)=O)C(=O)O)C1. The number of hydrogen-bond acceptors (Lipinski definition) is 4. The number of amides is 3. The van der Waals surface area contributed by atoms with E-state index < -0.39 is 30.4 Å². The fourth-order valence-electron chi connectivity index (χ4n) is 2.26. The van der Waals surface area contributed by atoms with Crippen LogP contribution in [0, 0.1) is 5.92 Å². The molecule has 0 aromatic rings. The number of primary amides is 1. The van der Waals surface area contributed by atoms with E-state index >= 15 is 0 Å². The molecule has 0 bridgehead atoms. The van der Waals surface area contributed by atoms with Crippen LogP contribution in [0.15, 0.2) is 0 Å². The van der Waals surface area contributed by atoms with Crippen LogP contribution >= 0.6 is 0 Å². The van der Waals surface area contributed by atoms with E-state index in [0.717, 1.165) is 12.8 Å². The lowest BCUT2D eigenvalue weighted by Gasteiger charge is -2.33. The summed E-state index contributed by atoms with van der Waals surface area (Å²) < 4.78 is 5.07. The summed E-state index contributed by atoms with van der Waals surface area (Å²) in [7, 11) is 1.60. The molecular formula is C12H21N3O5. The van der Waals surface area contributed by atoms with Crippen LogP contribution in [0.25, 0.3) is 0 Å². The lowest BCUT2D eigenvalue weighted by molar-refractivity contribution is -0.141. The van der Waals surface area contributed by atoms with Crippen molar-refractivity contribution < 1.29 is 24.2 Å². The molecule has 114 valence electrons. The number of carbonyl (C=O) groups is 3. The van der Waals surface area contributed by atoms with Crippen LogP contribution in [-0.4, -0.2) is 60.8 Å². The third-order valence-corrected chi connectivity index (χ3v) is 3.21. The third-order valence-electron chi connectivity index (χ3n) is 3.21. The summed E-state index contributed by atoms with van der Waals surface area (Å²) in [5, 5.41) is 11.3. The summed E-state index contributed by atoms with van der Waals surface area (Å²) in [5.41, 5.74) is 4.96. The molecule has 0 aromatic carbocycles. The molecule has 1 fully saturated rings. The molecular weight excluding hydrogens is 266 g/mol. The zero-order valence-electron chi connectivity index (χ0n) is 11.5. The van der Waals surface area contributed by atoms with Crippen molar-refractivity contribution in [1.29, 1.82) is 0 Å². The number of carboxylic acid groups (broad SMARTS) is 1. The van der Waals surface area contributed by atoms with Gasteiger partial charge in [-0.1, -0.05) is 0 Å². The number of piperidine rings is 1. The van der Waals surface area contributed by atoms with Gasteiger partial charge < -0.3 is 25.8 Å². The summed E-state index contributed by atoms with van der Waals surface area (Å²) in [6.45, 7) is 1.64. The van der Waals surface area contributed by atoms with Gasteiger partial charge in [-0.05, 0) is 12.8 Å². The van der Waals surface area contributed by atoms with Gasteiger partial charge in [0.05, 0.1) is 13.0 Å². The first-order valence-corrected chi connectivity index (χ1v) is 6.49. The topological polar surface area (TPSA) is 122 Å². The van der Waals surface area contributed by atoms with Crippen LogP contribution < -0.4 is 11.1 Å². The van der Waals surface area contributed by atoms with E-state index in [1.165, 1.54) is 0 Å². The Bertz CT molecular complexity index is 372. The number of aliphatic carboxylic acids is 1. The van der Waals surface area contributed by atoms with E-state index in [4.69, 9.17) is 15.6 Å². The minimum atomic E-state index is -1.29. The number of nitrogens with zero attached hydrogens (tertiary/aromatic N) is 1. The number of carboxylic acids is 1. The fraction of sp³-hybridized carbons (Fsp3) is 0.750. The Morgan fingerprint density at radius 2 is 2.20 bits per heavy atom. The molecule has 4 N–H and O–H groups in total. The van der Waals surface area contributed by atoms with E-state index in [1.54, 1.807) is 12.0 Å². The smallest absolute Gasteiger partial charge is 0.326 e. The van der Waals surface area contributed by atoms with Gasteiger partial charge in [0.15, 0.2) is 0 Å². The molecule has 1 heterocycles. The Labute approximate surface area is 117 Å². The third kappa shape index (κ3) is 5.04. The second kappa shape index (κ2) is 7.68.